The Balaban J connectivity index is 1.28. The first-order chi connectivity index (χ1) is 15.5. The van der Waals surface area contributed by atoms with Gasteiger partial charge in [-0.2, -0.15) is 4.31 Å². The van der Waals surface area contributed by atoms with Crippen molar-refractivity contribution in [2.24, 2.45) is 0 Å². The van der Waals surface area contributed by atoms with Crippen molar-refractivity contribution >= 4 is 20.8 Å². The quantitative estimate of drug-likeness (QED) is 0.561. The fourth-order valence-electron chi connectivity index (χ4n) is 3.91. The van der Waals surface area contributed by atoms with Crippen molar-refractivity contribution in [1.29, 1.82) is 0 Å². The monoisotopic (exact) mass is 456 g/mol. The van der Waals surface area contributed by atoms with E-state index in [0.29, 0.717) is 38.5 Å². The third-order valence-electron chi connectivity index (χ3n) is 5.68. The molecule has 1 fully saturated rings. The van der Waals surface area contributed by atoms with E-state index in [1.165, 1.54) is 4.31 Å². The predicted molar refractivity (Wildman–Crippen MR) is 124 cm³/mol. The molecule has 1 heterocycles. The lowest BCUT2D eigenvalue weighted by Crippen LogP contribution is -2.50. The number of fused-ring (bicyclic) bond motifs is 1. The number of aliphatic hydroxyl groups is 1. The molecule has 1 aliphatic heterocycles. The largest absolute Gasteiger partial charge is 0.497 e. The van der Waals surface area contributed by atoms with Crippen LogP contribution >= 0.6 is 0 Å². The molecule has 4 rings (SSSR count). The number of rotatable bonds is 8. The van der Waals surface area contributed by atoms with Gasteiger partial charge in [-0.3, -0.25) is 4.90 Å². The maximum Gasteiger partial charge on any atom is 0.243 e. The van der Waals surface area contributed by atoms with Gasteiger partial charge in [0.15, 0.2) is 0 Å². The van der Waals surface area contributed by atoms with Crippen LogP contribution in [0.5, 0.6) is 11.5 Å². The van der Waals surface area contributed by atoms with E-state index in [9.17, 15) is 13.5 Å². The summed E-state index contributed by atoms with van der Waals surface area (Å²) in [5, 5.41) is 12.6. The molecule has 170 valence electrons. The van der Waals surface area contributed by atoms with Crippen LogP contribution in [0.2, 0.25) is 0 Å². The van der Waals surface area contributed by atoms with Crippen LogP contribution in [-0.2, 0) is 10.0 Å². The maximum atomic E-state index is 12.9. The van der Waals surface area contributed by atoms with Crippen LogP contribution in [0.15, 0.2) is 71.6 Å². The molecule has 0 amide bonds. The molecule has 8 heteroatoms. The van der Waals surface area contributed by atoms with Crippen molar-refractivity contribution in [3.8, 4) is 11.5 Å². The summed E-state index contributed by atoms with van der Waals surface area (Å²) in [5.74, 6) is 1.37. The third-order valence-corrected chi connectivity index (χ3v) is 7.59. The molecule has 0 bridgehead atoms. The van der Waals surface area contributed by atoms with Gasteiger partial charge in [-0.15, -0.1) is 0 Å². The highest BCUT2D eigenvalue weighted by Crippen LogP contribution is 2.25. The van der Waals surface area contributed by atoms with Crippen LogP contribution in [0.4, 0.5) is 0 Å². The van der Waals surface area contributed by atoms with E-state index in [1.807, 2.05) is 42.5 Å². The first kappa shape index (κ1) is 22.5. The molecule has 0 radical (unpaired) electrons. The standard InChI is InChI=1S/C24H28N2O5S/c1-30-21-9-11-22(12-10-21)32(28,29)26-15-13-25(14-16-26)17-20(27)18-31-24-8-4-6-19-5-2-3-7-23(19)24/h2-12,20,27H,13-18H2,1H3. The van der Waals surface area contributed by atoms with Crippen molar-refractivity contribution < 1.29 is 23.0 Å². The summed E-state index contributed by atoms with van der Waals surface area (Å²) in [6.45, 7) is 2.48. The number of sulfonamides is 1. The first-order valence-corrected chi connectivity index (χ1v) is 12.1. The van der Waals surface area contributed by atoms with Gasteiger partial charge in [-0.25, -0.2) is 8.42 Å². The van der Waals surface area contributed by atoms with Gasteiger partial charge in [0.1, 0.15) is 24.2 Å². The highest BCUT2D eigenvalue weighted by Gasteiger charge is 2.29. The molecule has 1 unspecified atom stereocenters. The zero-order chi connectivity index (χ0) is 22.6. The van der Waals surface area contributed by atoms with E-state index in [-0.39, 0.29) is 11.5 Å². The fraction of sp³-hybridized carbons (Fsp3) is 0.333. The Hall–Kier alpha value is -2.65. The summed E-state index contributed by atoms with van der Waals surface area (Å²) in [5.41, 5.74) is 0. The van der Waals surface area contributed by atoms with E-state index >= 15 is 0 Å². The SMILES string of the molecule is COc1ccc(S(=O)(=O)N2CCN(CC(O)COc3cccc4ccccc34)CC2)cc1. The molecule has 1 aliphatic rings. The average Bonchev–Trinajstić information content (AvgIpc) is 2.83. The summed E-state index contributed by atoms with van der Waals surface area (Å²) in [4.78, 5) is 2.33. The van der Waals surface area contributed by atoms with Crippen molar-refractivity contribution in [3.05, 3.63) is 66.7 Å². The molecule has 3 aromatic carbocycles. The number of nitrogens with zero attached hydrogens (tertiary/aromatic N) is 2. The van der Waals surface area contributed by atoms with Crippen LogP contribution in [-0.4, -0.2) is 75.3 Å². The molecule has 0 saturated carbocycles. The Morgan fingerprint density at radius 3 is 2.34 bits per heavy atom. The van der Waals surface area contributed by atoms with Crippen molar-refractivity contribution in [1.82, 2.24) is 9.21 Å². The summed E-state index contributed by atoms with van der Waals surface area (Å²) in [7, 11) is -2.00. The Morgan fingerprint density at radius 1 is 0.938 bits per heavy atom. The van der Waals surface area contributed by atoms with Crippen LogP contribution in [0.1, 0.15) is 0 Å². The Labute approximate surface area is 188 Å². The number of piperazine rings is 1. The lowest BCUT2D eigenvalue weighted by Gasteiger charge is -2.34. The lowest BCUT2D eigenvalue weighted by molar-refractivity contribution is 0.0573. The number of methoxy groups -OCH3 is 1. The van der Waals surface area contributed by atoms with Crippen LogP contribution in [0.3, 0.4) is 0 Å². The molecule has 0 aliphatic carbocycles. The fourth-order valence-corrected chi connectivity index (χ4v) is 5.33. The number of hydrogen-bond acceptors (Lipinski definition) is 6. The van der Waals surface area contributed by atoms with Gasteiger partial charge in [0.2, 0.25) is 10.0 Å². The van der Waals surface area contributed by atoms with Crippen molar-refractivity contribution in [2.45, 2.75) is 11.0 Å². The highest BCUT2D eigenvalue weighted by molar-refractivity contribution is 7.89. The van der Waals surface area contributed by atoms with Gasteiger partial charge < -0.3 is 14.6 Å². The molecule has 3 aromatic rings. The average molecular weight is 457 g/mol. The van der Waals surface area contributed by atoms with E-state index in [0.717, 1.165) is 16.5 Å². The van der Waals surface area contributed by atoms with E-state index in [1.54, 1.807) is 31.4 Å². The third kappa shape index (κ3) is 5.05. The second-order valence-electron chi connectivity index (χ2n) is 7.82. The zero-order valence-electron chi connectivity index (χ0n) is 18.1. The minimum atomic E-state index is -3.54. The zero-order valence-corrected chi connectivity index (χ0v) is 18.9. The van der Waals surface area contributed by atoms with Gasteiger partial charge in [0.25, 0.3) is 0 Å². The number of ether oxygens (including phenoxy) is 2. The topological polar surface area (TPSA) is 79.3 Å². The molecule has 1 N–H and O–H groups in total. The second-order valence-corrected chi connectivity index (χ2v) is 9.76. The van der Waals surface area contributed by atoms with Gasteiger partial charge in [0, 0.05) is 38.1 Å². The number of benzene rings is 3. The van der Waals surface area contributed by atoms with E-state index in [2.05, 4.69) is 4.90 Å². The van der Waals surface area contributed by atoms with Crippen LogP contribution < -0.4 is 9.47 Å². The summed E-state index contributed by atoms with van der Waals surface area (Å²) < 4.78 is 38.2. The number of aliphatic hydroxyl groups excluding tert-OH is 1. The normalized spacial score (nSPS) is 16.7. The molecule has 0 aromatic heterocycles. The van der Waals surface area contributed by atoms with Crippen LogP contribution in [0.25, 0.3) is 10.8 Å². The Kier molecular flexibility index (Phi) is 6.95. The molecule has 1 atom stereocenters. The molecular weight excluding hydrogens is 428 g/mol. The van der Waals surface area contributed by atoms with Crippen molar-refractivity contribution in [2.75, 3.05) is 46.4 Å². The van der Waals surface area contributed by atoms with Crippen molar-refractivity contribution in [3.63, 3.8) is 0 Å². The molecule has 7 nitrogen and oxygen atoms in total. The van der Waals surface area contributed by atoms with E-state index < -0.39 is 16.1 Å². The molecular formula is C24H28N2O5S. The second kappa shape index (κ2) is 9.87. The summed E-state index contributed by atoms with van der Waals surface area (Å²) in [6.07, 6.45) is -0.668. The minimum absolute atomic E-state index is 0.179. The maximum absolute atomic E-state index is 12.9. The number of β-amino-alcohol motifs (C(OH)–C–C–N with tert-alkyl or cyclic N) is 1. The first-order valence-electron chi connectivity index (χ1n) is 10.6. The lowest BCUT2D eigenvalue weighted by atomic mass is 10.1. The smallest absolute Gasteiger partial charge is 0.243 e. The van der Waals surface area contributed by atoms with E-state index in [4.69, 9.17) is 9.47 Å². The van der Waals surface area contributed by atoms with Gasteiger partial charge >= 0.3 is 0 Å². The Bertz CT molecular complexity index is 1140. The molecule has 32 heavy (non-hydrogen) atoms. The minimum Gasteiger partial charge on any atom is -0.497 e. The highest BCUT2D eigenvalue weighted by atomic mass is 32.2. The van der Waals surface area contributed by atoms with Gasteiger partial charge in [0.05, 0.1) is 12.0 Å². The molecule has 0 spiro atoms. The number of hydrogen-bond donors (Lipinski definition) is 1. The van der Waals surface area contributed by atoms with Crippen LogP contribution in [0, 0.1) is 0 Å². The van der Waals surface area contributed by atoms with Gasteiger partial charge in [-0.1, -0.05) is 36.4 Å². The van der Waals surface area contributed by atoms with Gasteiger partial charge in [-0.05, 0) is 35.7 Å². The molecule has 1 saturated heterocycles. The summed E-state index contributed by atoms with van der Waals surface area (Å²) in [6, 6.07) is 20.3. The Morgan fingerprint density at radius 2 is 1.62 bits per heavy atom. The summed E-state index contributed by atoms with van der Waals surface area (Å²) >= 11 is 0. The predicted octanol–water partition coefficient (Wildman–Crippen LogP) is 2.59.